The van der Waals surface area contributed by atoms with Crippen molar-refractivity contribution in [2.75, 3.05) is 0 Å². The quantitative estimate of drug-likeness (QED) is 0.561. The molecule has 3 rings (SSSR count). The number of para-hydroxylation sites is 1. The van der Waals surface area contributed by atoms with Crippen molar-refractivity contribution >= 4 is 26.8 Å². The van der Waals surface area contributed by atoms with Crippen molar-refractivity contribution in [2.45, 2.75) is 13.0 Å². The number of halogens is 1. The van der Waals surface area contributed by atoms with E-state index in [2.05, 4.69) is 63.6 Å². The lowest BCUT2D eigenvalue weighted by Gasteiger charge is -2.20. The molecule has 21 heavy (non-hydrogen) atoms. The fraction of sp³-hybridized carbons (Fsp3) is 0.118. The second kappa shape index (κ2) is 5.93. The summed E-state index contributed by atoms with van der Waals surface area (Å²) in [6.45, 7) is 2.09. The monoisotopic (exact) mass is 341 g/mol. The van der Waals surface area contributed by atoms with Gasteiger partial charge < -0.3 is 0 Å². The summed E-state index contributed by atoms with van der Waals surface area (Å²) in [6, 6.07) is 16.3. The molecule has 0 saturated carbocycles. The molecule has 4 heteroatoms. The molecule has 0 spiro atoms. The zero-order chi connectivity index (χ0) is 14.8. The molecule has 1 atom stereocenters. The van der Waals surface area contributed by atoms with E-state index in [4.69, 9.17) is 5.84 Å². The third-order valence-corrected chi connectivity index (χ3v) is 4.19. The van der Waals surface area contributed by atoms with Gasteiger partial charge in [-0.05, 0) is 36.2 Å². The first-order valence-electron chi connectivity index (χ1n) is 6.76. The van der Waals surface area contributed by atoms with Crippen LogP contribution in [-0.2, 0) is 0 Å². The van der Waals surface area contributed by atoms with Gasteiger partial charge in [0, 0.05) is 21.6 Å². The van der Waals surface area contributed by atoms with Crippen molar-refractivity contribution in [3.05, 3.63) is 75.9 Å². The Kier molecular flexibility index (Phi) is 4.01. The summed E-state index contributed by atoms with van der Waals surface area (Å²) in [7, 11) is 0. The maximum atomic E-state index is 5.85. The molecule has 0 fully saturated rings. The number of hydrogen-bond donors (Lipinski definition) is 2. The van der Waals surface area contributed by atoms with Crippen LogP contribution in [0.4, 0.5) is 0 Å². The molecule has 0 amide bonds. The normalized spacial score (nSPS) is 12.5. The maximum Gasteiger partial charge on any atom is 0.0753 e. The minimum absolute atomic E-state index is 0.0962. The van der Waals surface area contributed by atoms with Crippen molar-refractivity contribution in [2.24, 2.45) is 5.84 Å². The highest BCUT2D eigenvalue weighted by atomic mass is 79.9. The summed E-state index contributed by atoms with van der Waals surface area (Å²) in [5.74, 6) is 5.85. The first-order valence-corrected chi connectivity index (χ1v) is 7.56. The van der Waals surface area contributed by atoms with Crippen LogP contribution in [0, 0.1) is 6.92 Å². The molecular formula is C17H16BrN3. The Morgan fingerprint density at radius 1 is 1.10 bits per heavy atom. The average Bonchev–Trinajstić information content (AvgIpc) is 2.51. The molecule has 0 saturated heterocycles. The lowest BCUT2D eigenvalue weighted by atomic mass is 9.94. The second-order valence-electron chi connectivity index (χ2n) is 5.02. The molecule has 3 nitrogen and oxygen atoms in total. The van der Waals surface area contributed by atoms with Gasteiger partial charge in [-0.1, -0.05) is 46.3 Å². The first-order chi connectivity index (χ1) is 10.2. The molecule has 3 aromatic rings. The molecule has 3 N–H and O–H groups in total. The molecule has 1 unspecified atom stereocenters. The Bertz CT molecular complexity index is 781. The number of nitrogens with zero attached hydrogens (tertiary/aromatic N) is 1. The van der Waals surface area contributed by atoms with Crippen LogP contribution < -0.4 is 11.3 Å². The van der Waals surface area contributed by atoms with E-state index in [1.165, 1.54) is 5.56 Å². The van der Waals surface area contributed by atoms with Gasteiger partial charge in [-0.25, -0.2) is 5.43 Å². The molecule has 1 heterocycles. The molecule has 0 radical (unpaired) electrons. The summed E-state index contributed by atoms with van der Waals surface area (Å²) >= 11 is 3.53. The van der Waals surface area contributed by atoms with Gasteiger partial charge in [0.25, 0.3) is 0 Å². The van der Waals surface area contributed by atoms with Gasteiger partial charge in [0.05, 0.1) is 11.6 Å². The standard InChI is InChI=1S/C17H16BrN3/c1-11-7-8-13(18)10-15(11)17(21-19)14-6-2-4-12-5-3-9-20-16(12)14/h2-10,17,21H,19H2,1H3. The highest BCUT2D eigenvalue weighted by molar-refractivity contribution is 9.10. The predicted molar refractivity (Wildman–Crippen MR) is 89.8 cm³/mol. The van der Waals surface area contributed by atoms with Gasteiger partial charge in [-0.15, -0.1) is 0 Å². The number of nitrogens with one attached hydrogen (secondary N) is 1. The van der Waals surface area contributed by atoms with Crippen LogP contribution in [0.1, 0.15) is 22.7 Å². The number of rotatable bonds is 3. The summed E-state index contributed by atoms with van der Waals surface area (Å²) < 4.78 is 1.04. The molecule has 0 aliphatic heterocycles. The summed E-state index contributed by atoms with van der Waals surface area (Å²) in [5.41, 5.74) is 7.32. The number of aryl methyl sites for hydroxylation is 1. The van der Waals surface area contributed by atoms with Gasteiger partial charge in [0.2, 0.25) is 0 Å². The van der Waals surface area contributed by atoms with E-state index < -0.39 is 0 Å². The first kappa shape index (κ1) is 14.2. The zero-order valence-electron chi connectivity index (χ0n) is 11.7. The third-order valence-electron chi connectivity index (χ3n) is 3.69. The highest BCUT2D eigenvalue weighted by Gasteiger charge is 2.18. The smallest absolute Gasteiger partial charge is 0.0753 e. The van der Waals surface area contributed by atoms with Crippen molar-refractivity contribution in [1.82, 2.24) is 10.4 Å². The van der Waals surface area contributed by atoms with E-state index in [0.717, 1.165) is 26.5 Å². The maximum absolute atomic E-state index is 5.85. The lowest BCUT2D eigenvalue weighted by molar-refractivity contribution is 0.636. The zero-order valence-corrected chi connectivity index (χ0v) is 13.3. The van der Waals surface area contributed by atoms with Crippen LogP contribution in [0.15, 0.2) is 59.2 Å². The number of aromatic nitrogens is 1. The molecule has 0 aliphatic rings. The van der Waals surface area contributed by atoms with Gasteiger partial charge in [0.15, 0.2) is 0 Å². The summed E-state index contributed by atoms with van der Waals surface area (Å²) in [4.78, 5) is 4.52. The van der Waals surface area contributed by atoms with Crippen molar-refractivity contribution in [3.8, 4) is 0 Å². The summed E-state index contributed by atoms with van der Waals surface area (Å²) in [6.07, 6.45) is 1.81. The SMILES string of the molecule is Cc1ccc(Br)cc1C(NN)c1cccc2cccnc12. The Morgan fingerprint density at radius 3 is 2.71 bits per heavy atom. The Morgan fingerprint density at radius 2 is 1.90 bits per heavy atom. The fourth-order valence-corrected chi connectivity index (χ4v) is 3.01. The Balaban J connectivity index is 2.21. The predicted octanol–water partition coefficient (Wildman–Crippen LogP) is 3.86. The van der Waals surface area contributed by atoms with Crippen LogP contribution in [-0.4, -0.2) is 4.98 Å². The number of hydrazine groups is 1. The van der Waals surface area contributed by atoms with E-state index in [1.807, 2.05) is 24.4 Å². The van der Waals surface area contributed by atoms with Crippen LogP contribution in [0.25, 0.3) is 10.9 Å². The topological polar surface area (TPSA) is 50.9 Å². The minimum atomic E-state index is -0.0962. The molecule has 2 aromatic carbocycles. The Hall–Kier alpha value is -1.75. The number of hydrogen-bond acceptors (Lipinski definition) is 3. The average molecular weight is 342 g/mol. The van der Waals surface area contributed by atoms with Crippen LogP contribution in [0.3, 0.4) is 0 Å². The van der Waals surface area contributed by atoms with Crippen molar-refractivity contribution < 1.29 is 0 Å². The van der Waals surface area contributed by atoms with E-state index in [1.54, 1.807) is 0 Å². The highest BCUT2D eigenvalue weighted by Crippen LogP contribution is 2.30. The number of nitrogens with two attached hydrogens (primary N) is 1. The van der Waals surface area contributed by atoms with Gasteiger partial charge in [0.1, 0.15) is 0 Å². The molecular weight excluding hydrogens is 326 g/mol. The van der Waals surface area contributed by atoms with Crippen LogP contribution in [0.5, 0.6) is 0 Å². The third kappa shape index (κ3) is 2.70. The van der Waals surface area contributed by atoms with E-state index in [0.29, 0.717) is 0 Å². The molecule has 1 aromatic heterocycles. The Labute approximate surface area is 132 Å². The van der Waals surface area contributed by atoms with E-state index in [-0.39, 0.29) is 6.04 Å². The second-order valence-corrected chi connectivity index (χ2v) is 5.94. The molecule has 0 aliphatic carbocycles. The van der Waals surface area contributed by atoms with Crippen LogP contribution >= 0.6 is 15.9 Å². The van der Waals surface area contributed by atoms with Crippen molar-refractivity contribution in [1.29, 1.82) is 0 Å². The molecule has 0 bridgehead atoms. The largest absolute Gasteiger partial charge is 0.271 e. The van der Waals surface area contributed by atoms with E-state index in [9.17, 15) is 0 Å². The van der Waals surface area contributed by atoms with Crippen LogP contribution in [0.2, 0.25) is 0 Å². The molecule has 106 valence electrons. The van der Waals surface area contributed by atoms with Gasteiger partial charge >= 0.3 is 0 Å². The van der Waals surface area contributed by atoms with Crippen molar-refractivity contribution in [3.63, 3.8) is 0 Å². The fourth-order valence-electron chi connectivity index (χ4n) is 2.63. The number of benzene rings is 2. The number of fused-ring (bicyclic) bond motifs is 1. The minimum Gasteiger partial charge on any atom is -0.271 e. The van der Waals surface area contributed by atoms with Gasteiger partial charge in [-0.2, -0.15) is 0 Å². The van der Waals surface area contributed by atoms with Gasteiger partial charge in [-0.3, -0.25) is 10.8 Å². The summed E-state index contributed by atoms with van der Waals surface area (Å²) in [5, 5.41) is 1.11. The number of pyridine rings is 1. The lowest BCUT2D eigenvalue weighted by Crippen LogP contribution is -2.29. The van der Waals surface area contributed by atoms with E-state index >= 15 is 0 Å².